The second kappa shape index (κ2) is 4.53. The number of hydrogen-bond donors (Lipinski definition) is 0. The third-order valence-corrected chi connectivity index (χ3v) is 47.9. The maximum absolute atomic E-state index is 12.1. The van der Waals surface area contributed by atoms with Crippen LogP contribution < -0.4 is 0 Å². The van der Waals surface area contributed by atoms with Crippen LogP contribution in [0.4, 0.5) is 39.5 Å². The molecule has 0 spiro atoms. The van der Waals surface area contributed by atoms with Gasteiger partial charge in [0.05, 0.1) is 0 Å². The van der Waals surface area contributed by atoms with E-state index >= 15 is 0 Å². The van der Waals surface area contributed by atoms with Gasteiger partial charge in [0.1, 0.15) is 0 Å². The Bertz CT molecular complexity index is 247. The molecule has 0 radical (unpaired) electrons. The van der Waals surface area contributed by atoms with Crippen molar-refractivity contribution in [1.82, 2.24) is 0 Å². The molecule has 0 aromatic rings. The summed E-state index contributed by atoms with van der Waals surface area (Å²) in [6, 6.07) is 0. The normalized spacial score (nSPS) is 32.4. The summed E-state index contributed by atoms with van der Waals surface area (Å²) in [4.78, 5) is 0. The first-order valence-electron chi connectivity index (χ1n) is 3.14. The van der Waals surface area contributed by atoms with Crippen molar-refractivity contribution in [2.45, 2.75) is 17.8 Å². The molecule has 0 bridgehead atoms. The fourth-order valence-corrected chi connectivity index (χ4v) is 44.2. The van der Waals surface area contributed by atoms with Crippen LogP contribution in [0, 0.1) is 0 Å². The summed E-state index contributed by atoms with van der Waals surface area (Å²) < 4.78 is 109. The zero-order valence-electron chi connectivity index (χ0n) is 6.65. The molecule has 1 rings (SSSR count). The molecule has 1 saturated heterocycles. The van der Waals surface area contributed by atoms with E-state index in [2.05, 4.69) is 0 Å². The van der Waals surface area contributed by atoms with Crippen LogP contribution >= 0.6 is 17.9 Å². The fraction of sp³-hybridized carbons (Fsp3) is 1.00. The molecular formula is C3F9P3Te. The molecule has 13 heteroatoms. The van der Waals surface area contributed by atoms with E-state index in [0.717, 1.165) is 0 Å². The van der Waals surface area contributed by atoms with Gasteiger partial charge in [-0.2, -0.15) is 0 Å². The Morgan fingerprint density at radius 2 is 0.875 bits per heavy atom. The van der Waals surface area contributed by atoms with Crippen molar-refractivity contribution in [3.8, 4) is 0 Å². The van der Waals surface area contributed by atoms with Crippen LogP contribution in [0.2, 0.25) is 0 Å². The van der Waals surface area contributed by atoms with Crippen molar-refractivity contribution in [3.63, 3.8) is 0 Å². The molecule has 2 unspecified atom stereocenters. The van der Waals surface area contributed by atoms with Crippen molar-refractivity contribution in [3.05, 3.63) is 0 Å². The zero-order valence-corrected chi connectivity index (χ0v) is 11.7. The number of halogens is 9. The molecule has 2 atom stereocenters. The van der Waals surface area contributed by atoms with E-state index in [4.69, 9.17) is 0 Å². The van der Waals surface area contributed by atoms with E-state index in [9.17, 15) is 39.5 Å². The van der Waals surface area contributed by atoms with Crippen LogP contribution in [0.25, 0.3) is 0 Å². The molecule has 0 nitrogen and oxygen atoms in total. The Morgan fingerprint density at radius 3 is 1.06 bits per heavy atom. The Labute approximate surface area is 95.2 Å². The molecule has 0 aromatic heterocycles. The van der Waals surface area contributed by atoms with Gasteiger partial charge in [-0.1, -0.05) is 0 Å². The van der Waals surface area contributed by atoms with Gasteiger partial charge in [-0.3, -0.25) is 0 Å². The van der Waals surface area contributed by atoms with Crippen LogP contribution in [0.15, 0.2) is 0 Å². The predicted molar refractivity (Wildman–Crippen MR) is 44.7 cm³/mol. The molecule has 0 aromatic carbocycles. The van der Waals surface area contributed by atoms with E-state index in [-0.39, 0.29) is 0 Å². The Balaban J connectivity index is 2.92. The maximum atomic E-state index is 12.1. The summed E-state index contributed by atoms with van der Waals surface area (Å²) in [5.41, 5.74) is 0. The first-order valence-corrected chi connectivity index (χ1v) is 14.7. The zero-order chi connectivity index (χ0) is 12.9. The third-order valence-electron chi connectivity index (χ3n) is 1.16. The van der Waals surface area contributed by atoms with Gasteiger partial charge in [0.25, 0.3) is 0 Å². The SMILES string of the molecule is FC(F)(F)P1[Te]P(C(F)(F)F)P1C(F)(F)F. The average Bonchev–Trinajstić information content (AvgIpc) is 1.68. The van der Waals surface area contributed by atoms with Crippen LogP contribution in [0.1, 0.15) is 0 Å². The van der Waals surface area contributed by atoms with Gasteiger partial charge in [-0.15, -0.1) is 0 Å². The second-order valence-electron chi connectivity index (χ2n) is 2.32. The fourth-order valence-electron chi connectivity index (χ4n) is 0.702. The molecule has 1 heterocycles. The first-order chi connectivity index (χ1) is 6.85. The van der Waals surface area contributed by atoms with E-state index in [1.807, 2.05) is 0 Å². The van der Waals surface area contributed by atoms with Gasteiger partial charge in [-0.05, 0) is 0 Å². The van der Waals surface area contributed by atoms with Gasteiger partial charge < -0.3 is 0 Å². The molecule has 0 saturated carbocycles. The van der Waals surface area contributed by atoms with Gasteiger partial charge in [-0.25, -0.2) is 0 Å². The van der Waals surface area contributed by atoms with Gasteiger partial charge in [0, 0.05) is 0 Å². The van der Waals surface area contributed by atoms with E-state index in [1.165, 1.54) is 0 Å². The van der Waals surface area contributed by atoms with E-state index in [0.29, 0.717) is 0 Å². The van der Waals surface area contributed by atoms with Gasteiger partial charge in [0.2, 0.25) is 0 Å². The van der Waals surface area contributed by atoms with Crippen molar-refractivity contribution in [2.75, 3.05) is 0 Å². The van der Waals surface area contributed by atoms with Gasteiger partial charge in [0.15, 0.2) is 0 Å². The monoisotopic (exact) mass is 430 g/mol. The van der Waals surface area contributed by atoms with Crippen LogP contribution in [-0.2, 0) is 0 Å². The standard InChI is InChI=1S/C3F9P3Te/c4-1(5,6)13-14(2(7,8)9)16-15(13)3(10,11)12. The molecule has 1 aliphatic rings. The molecule has 0 aliphatic carbocycles. The molecular weight excluding hydrogens is 428 g/mol. The minimum absolute atomic E-state index is 2.63. The molecule has 96 valence electrons. The van der Waals surface area contributed by atoms with Crippen LogP contribution in [-0.4, -0.2) is 37.6 Å². The average molecular weight is 428 g/mol. The number of alkyl halides is 9. The summed E-state index contributed by atoms with van der Waals surface area (Å²) >= 11 is -2.63. The van der Waals surface area contributed by atoms with Crippen molar-refractivity contribution in [1.29, 1.82) is 0 Å². The summed E-state index contributed by atoms with van der Waals surface area (Å²) in [6.07, 6.45) is 0. The Morgan fingerprint density at radius 1 is 0.562 bits per heavy atom. The van der Waals surface area contributed by atoms with Crippen LogP contribution in [0.3, 0.4) is 0 Å². The molecule has 1 fully saturated rings. The van der Waals surface area contributed by atoms with Gasteiger partial charge >= 0.3 is 95.0 Å². The quantitative estimate of drug-likeness (QED) is 0.277. The first kappa shape index (κ1) is 15.5. The Hall–Kier alpha value is 1.45. The molecule has 0 amide bonds. The Kier molecular flexibility index (Phi) is 4.39. The molecule has 1 aliphatic heterocycles. The van der Waals surface area contributed by atoms with Crippen molar-refractivity contribution >= 4 is 37.7 Å². The van der Waals surface area contributed by atoms with Crippen molar-refractivity contribution < 1.29 is 39.5 Å². The summed E-state index contributed by atoms with van der Waals surface area (Å²) in [6.45, 7) is 0. The third kappa shape index (κ3) is 3.26. The number of rotatable bonds is 0. The summed E-state index contributed by atoms with van der Waals surface area (Å²) in [5, 5.41) is -6.83. The van der Waals surface area contributed by atoms with E-state index in [1.54, 1.807) is 0 Å². The molecule has 0 N–H and O–H groups in total. The van der Waals surface area contributed by atoms with E-state index < -0.39 is 55.5 Å². The topological polar surface area (TPSA) is 0 Å². The summed E-state index contributed by atoms with van der Waals surface area (Å²) in [5.74, 6) is -15.5. The molecule has 16 heavy (non-hydrogen) atoms. The predicted octanol–water partition coefficient (Wildman–Crippen LogP) is 5.37. The second-order valence-corrected chi connectivity index (χ2v) is 27.4. The minimum atomic E-state index is -5.33. The summed E-state index contributed by atoms with van der Waals surface area (Å²) in [7, 11) is -3.90. The number of hydrogen-bond acceptors (Lipinski definition) is 0. The van der Waals surface area contributed by atoms with Crippen LogP contribution in [0.5, 0.6) is 0 Å². The van der Waals surface area contributed by atoms with Crippen molar-refractivity contribution in [2.24, 2.45) is 0 Å².